The van der Waals surface area contributed by atoms with Gasteiger partial charge in [-0.25, -0.2) is 0 Å². The summed E-state index contributed by atoms with van der Waals surface area (Å²) in [5.41, 5.74) is 3.35. The Balaban J connectivity index is 1.67. The van der Waals surface area contributed by atoms with Crippen LogP contribution in [-0.4, -0.2) is 31.0 Å². The van der Waals surface area contributed by atoms with Crippen LogP contribution in [-0.2, 0) is 20.2 Å². The number of azo groups is 2. The molecule has 13 heteroatoms. The molecule has 11 nitrogen and oxygen atoms in total. The number of phenolic OH excluding ortho intramolecular Hbond substituents is 1. The fraction of sp³-hybridized carbons (Fsp3) is 0.133. The first-order valence-corrected chi connectivity index (χ1v) is 15.7. The summed E-state index contributed by atoms with van der Waals surface area (Å²) in [4.78, 5) is -0.800. The fourth-order valence-electron chi connectivity index (χ4n) is 4.84. The van der Waals surface area contributed by atoms with Crippen molar-refractivity contribution in [2.45, 2.75) is 37.5 Å². The van der Waals surface area contributed by atoms with Crippen molar-refractivity contribution >= 4 is 64.5 Å². The molecule has 0 unspecified atom stereocenters. The van der Waals surface area contributed by atoms with E-state index in [1.165, 1.54) is 36.4 Å². The first kappa shape index (κ1) is 29.9. The van der Waals surface area contributed by atoms with Gasteiger partial charge in [0.05, 0.1) is 16.3 Å². The largest absolute Gasteiger partial charge is 0.505 e. The Bertz CT molecular complexity index is 2250. The van der Waals surface area contributed by atoms with Gasteiger partial charge < -0.3 is 5.11 Å². The standard InChI is InChI=1S/C30H26N4O7S2/c1-16-5-7-22-20(12-16)14-19(4)29(30(22)35)34-32-26-10-9-25(23-8-6-21(15-24(23)26)42(36,37)38)31-33-28-18(3)11-17(2)13-27(28)43(39,40)41/h5-15,35H,1-4H3,(H,36,37,38)(H,39,40,41). The van der Waals surface area contributed by atoms with E-state index in [2.05, 4.69) is 20.5 Å². The minimum absolute atomic E-state index is 0.0583. The Morgan fingerprint density at radius 3 is 1.81 bits per heavy atom. The lowest BCUT2D eigenvalue weighted by Crippen LogP contribution is -2.00. The van der Waals surface area contributed by atoms with Crippen molar-refractivity contribution < 1.29 is 31.0 Å². The molecule has 3 N–H and O–H groups in total. The van der Waals surface area contributed by atoms with E-state index in [1.54, 1.807) is 32.9 Å². The molecule has 43 heavy (non-hydrogen) atoms. The summed E-state index contributed by atoms with van der Waals surface area (Å²) in [6, 6.07) is 17.3. The van der Waals surface area contributed by atoms with E-state index in [1.807, 2.05) is 25.1 Å². The van der Waals surface area contributed by atoms with Gasteiger partial charge in [0.1, 0.15) is 16.3 Å². The molecule has 5 rings (SSSR count). The Labute approximate surface area is 247 Å². The van der Waals surface area contributed by atoms with Crippen LogP contribution in [0, 0.1) is 27.7 Å². The second-order valence-corrected chi connectivity index (χ2v) is 13.0. The van der Waals surface area contributed by atoms with Gasteiger partial charge in [0, 0.05) is 16.2 Å². The molecule has 5 aromatic carbocycles. The lowest BCUT2D eigenvalue weighted by Gasteiger charge is -2.10. The minimum atomic E-state index is -4.61. The molecule has 0 bridgehead atoms. The molecule has 0 saturated carbocycles. The van der Waals surface area contributed by atoms with E-state index in [0.717, 1.165) is 10.9 Å². The van der Waals surface area contributed by atoms with E-state index in [9.17, 15) is 31.0 Å². The molecular formula is C30H26N4O7S2. The number of hydrogen-bond acceptors (Lipinski definition) is 9. The normalized spacial score (nSPS) is 12.7. The lowest BCUT2D eigenvalue weighted by atomic mass is 10.0. The molecule has 0 aromatic heterocycles. The molecule has 0 aliphatic heterocycles. The van der Waals surface area contributed by atoms with Gasteiger partial charge in [-0.05, 0) is 86.2 Å². The number of benzene rings is 5. The molecule has 0 spiro atoms. The zero-order valence-electron chi connectivity index (χ0n) is 23.4. The van der Waals surface area contributed by atoms with E-state index < -0.39 is 30.0 Å². The van der Waals surface area contributed by atoms with Gasteiger partial charge in [0.25, 0.3) is 20.2 Å². The molecule has 0 aliphatic carbocycles. The van der Waals surface area contributed by atoms with E-state index in [4.69, 9.17) is 0 Å². The van der Waals surface area contributed by atoms with Crippen LogP contribution in [0.3, 0.4) is 0 Å². The minimum Gasteiger partial charge on any atom is -0.505 e. The summed E-state index contributed by atoms with van der Waals surface area (Å²) in [5, 5.41) is 29.9. The number of fused-ring (bicyclic) bond motifs is 2. The number of aryl methyl sites for hydroxylation is 4. The average molecular weight is 619 g/mol. The van der Waals surface area contributed by atoms with Crippen LogP contribution in [0.1, 0.15) is 22.3 Å². The van der Waals surface area contributed by atoms with Crippen LogP contribution in [0.5, 0.6) is 5.75 Å². The van der Waals surface area contributed by atoms with Crippen LogP contribution in [0.2, 0.25) is 0 Å². The maximum Gasteiger partial charge on any atom is 0.296 e. The molecule has 0 heterocycles. The molecule has 0 fully saturated rings. The highest BCUT2D eigenvalue weighted by molar-refractivity contribution is 7.86. The van der Waals surface area contributed by atoms with Gasteiger partial charge in [0.2, 0.25) is 0 Å². The topological polar surface area (TPSA) is 178 Å². The molecule has 5 aromatic rings. The molecule has 0 saturated heterocycles. The number of rotatable bonds is 6. The van der Waals surface area contributed by atoms with Crippen LogP contribution in [0.4, 0.5) is 22.7 Å². The Morgan fingerprint density at radius 2 is 1.16 bits per heavy atom. The predicted molar refractivity (Wildman–Crippen MR) is 163 cm³/mol. The molecular weight excluding hydrogens is 592 g/mol. The van der Waals surface area contributed by atoms with Gasteiger partial charge in [-0.2, -0.15) is 16.8 Å². The van der Waals surface area contributed by atoms with Crippen molar-refractivity contribution in [1.29, 1.82) is 0 Å². The fourth-order valence-corrected chi connectivity index (χ4v) is 6.13. The Kier molecular flexibility index (Phi) is 7.60. The third kappa shape index (κ3) is 6.01. The van der Waals surface area contributed by atoms with Gasteiger partial charge in [-0.15, -0.1) is 20.5 Å². The van der Waals surface area contributed by atoms with Crippen molar-refractivity contribution in [2.75, 3.05) is 0 Å². The zero-order valence-corrected chi connectivity index (χ0v) is 25.1. The second-order valence-electron chi connectivity index (χ2n) is 10.2. The maximum absolute atomic E-state index is 12.0. The van der Waals surface area contributed by atoms with Crippen molar-refractivity contribution in [3.63, 3.8) is 0 Å². The number of nitrogens with zero attached hydrogens (tertiary/aromatic N) is 4. The summed E-state index contributed by atoms with van der Waals surface area (Å²) in [6.07, 6.45) is 0. The summed E-state index contributed by atoms with van der Waals surface area (Å²) in [5.74, 6) is -0.0600. The summed E-state index contributed by atoms with van der Waals surface area (Å²) >= 11 is 0. The van der Waals surface area contributed by atoms with Gasteiger partial charge in [0.15, 0.2) is 5.75 Å². The van der Waals surface area contributed by atoms with Gasteiger partial charge in [-0.3, -0.25) is 9.11 Å². The van der Waals surface area contributed by atoms with Crippen molar-refractivity contribution in [1.82, 2.24) is 0 Å². The monoisotopic (exact) mass is 618 g/mol. The quantitative estimate of drug-likeness (QED) is 0.127. The van der Waals surface area contributed by atoms with Crippen molar-refractivity contribution in [3.05, 3.63) is 89.0 Å². The Morgan fingerprint density at radius 1 is 0.558 bits per heavy atom. The molecule has 0 aliphatic rings. The van der Waals surface area contributed by atoms with Crippen LogP contribution < -0.4 is 0 Å². The molecule has 220 valence electrons. The highest BCUT2D eigenvalue weighted by Crippen LogP contribution is 2.41. The average Bonchev–Trinajstić information content (AvgIpc) is 2.91. The van der Waals surface area contributed by atoms with Gasteiger partial charge in [-0.1, -0.05) is 35.9 Å². The highest BCUT2D eigenvalue weighted by atomic mass is 32.2. The molecule has 0 atom stereocenters. The number of phenols is 1. The van der Waals surface area contributed by atoms with E-state index in [0.29, 0.717) is 27.5 Å². The van der Waals surface area contributed by atoms with E-state index in [-0.39, 0.29) is 33.9 Å². The predicted octanol–water partition coefficient (Wildman–Crippen LogP) is 8.26. The lowest BCUT2D eigenvalue weighted by molar-refractivity contribution is 0.481. The third-order valence-corrected chi connectivity index (χ3v) is 8.59. The maximum atomic E-state index is 12.0. The molecule has 0 radical (unpaired) electrons. The Hall–Kier alpha value is -4.56. The van der Waals surface area contributed by atoms with Gasteiger partial charge >= 0.3 is 0 Å². The van der Waals surface area contributed by atoms with Crippen LogP contribution in [0.25, 0.3) is 21.5 Å². The molecule has 0 amide bonds. The SMILES string of the molecule is Cc1cc(C)c(N=Nc2ccc(N=Nc3c(C)cc4cc(C)ccc4c3O)c3cc(S(=O)(=O)O)ccc23)c(S(=O)(=O)O)c1. The summed E-state index contributed by atoms with van der Waals surface area (Å²) in [6.45, 7) is 7.03. The first-order valence-electron chi connectivity index (χ1n) is 12.8. The second kappa shape index (κ2) is 10.9. The first-order chi connectivity index (χ1) is 20.1. The summed E-state index contributed by atoms with van der Waals surface area (Å²) in [7, 11) is -9.19. The van der Waals surface area contributed by atoms with E-state index >= 15 is 0 Å². The number of hydrogen-bond donors (Lipinski definition) is 3. The van der Waals surface area contributed by atoms with Crippen molar-refractivity contribution in [3.8, 4) is 5.75 Å². The zero-order chi connectivity index (χ0) is 31.3. The third-order valence-electron chi connectivity index (χ3n) is 6.88. The number of aromatic hydroxyl groups is 1. The highest BCUT2D eigenvalue weighted by Gasteiger charge is 2.19. The summed E-state index contributed by atoms with van der Waals surface area (Å²) < 4.78 is 67.3. The van der Waals surface area contributed by atoms with Crippen LogP contribution >= 0.6 is 0 Å². The van der Waals surface area contributed by atoms with Crippen LogP contribution in [0.15, 0.2) is 97.0 Å². The van der Waals surface area contributed by atoms with Crippen molar-refractivity contribution in [2.24, 2.45) is 20.5 Å². The smallest absolute Gasteiger partial charge is 0.296 e.